The molecular formula is C19H30O6. The zero-order valence-corrected chi connectivity index (χ0v) is 15.7. The Morgan fingerprint density at radius 1 is 1.36 bits per heavy atom. The third-order valence-corrected chi connectivity index (χ3v) is 5.57. The minimum absolute atomic E-state index is 0.0689. The largest absolute Gasteiger partial charge is 0.463 e. The van der Waals surface area contributed by atoms with Gasteiger partial charge in [-0.2, -0.15) is 0 Å². The Bertz CT molecular complexity index is 512. The van der Waals surface area contributed by atoms with Gasteiger partial charge in [-0.3, -0.25) is 9.59 Å². The number of ether oxygens (including phenoxy) is 4. The number of epoxide rings is 1. The Labute approximate surface area is 149 Å². The molecule has 0 amide bonds. The predicted octanol–water partition coefficient (Wildman–Crippen LogP) is 2.65. The third kappa shape index (κ3) is 3.96. The smallest absolute Gasteiger partial charge is 0.293 e. The van der Waals surface area contributed by atoms with Crippen molar-refractivity contribution in [2.45, 2.75) is 65.0 Å². The number of carbonyl (C=O) groups is 2. The molecule has 0 unspecified atom stereocenters. The van der Waals surface area contributed by atoms with E-state index < -0.39 is 11.0 Å². The molecule has 0 aromatic rings. The normalized spacial score (nSPS) is 33.9. The van der Waals surface area contributed by atoms with Crippen LogP contribution in [0.3, 0.4) is 0 Å². The van der Waals surface area contributed by atoms with Gasteiger partial charge in [0.15, 0.2) is 17.7 Å². The lowest BCUT2D eigenvalue weighted by Crippen LogP contribution is -2.49. The van der Waals surface area contributed by atoms with Crippen molar-refractivity contribution in [1.82, 2.24) is 0 Å². The van der Waals surface area contributed by atoms with E-state index in [1.165, 1.54) is 0 Å². The molecule has 0 radical (unpaired) electrons. The standard InChI is InChI=1S/C19H30O6/c1-6-23-16(24-7-2)8-9-18(4)14(13(3)11-22-12-20)10-15-19(5,25-15)17(18)21/h12,14-16H,3,6-11H2,1-2,4-5H3/t14-,15+,18-,19+/m1/s1. The second-order valence-electron chi connectivity index (χ2n) is 7.19. The summed E-state index contributed by atoms with van der Waals surface area (Å²) in [5, 5.41) is 0. The van der Waals surface area contributed by atoms with E-state index in [2.05, 4.69) is 6.58 Å². The lowest BCUT2D eigenvalue weighted by atomic mass is 9.59. The van der Waals surface area contributed by atoms with Gasteiger partial charge in [-0.25, -0.2) is 0 Å². The van der Waals surface area contributed by atoms with E-state index in [1.807, 2.05) is 27.7 Å². The Hall–Kier alpha value is -1.24. The van der Waals surface area contributed by atoms with Crippen LogP contribution in [0.1, 0.15) is 47.0 Å². The number of Topliss-reactive ketones (excluding diaryl/α,β-unsaturated/α-hetero) is 1. The molecule has 2 rings (SSSR count). The van der Waals surface area contributed by atoms with Gasteiger partial charge < -0.3 is 18.9 Å². The monoisotopic (exact) mass is 354 g/mol. The molecule has 2 fully saturated rings. The van der Waals surface area contributed by atoms with E-state index in [9.17, 15) is 9.59 Å². The maximum atomic E-state index is 13.2. The van der Waals surface area contributed by atoms with Crippen LogP contribution < -0.4 is 0 Å². The summed E-state index contributed by atoms with van der Waals surface area (Å²) in [6.07, 6.45) is 1.54. The van der Waals surface area contributed by atoms with Crippen LogP contribution in [0.25, 0.3) is 0 Å². The molecule has 1 saturated carbocycles. The Kier molecular flexibility index (Phi) is 6.40. The number of rotatable bonds is 11. The van der Waals surface area contributed by atoms with Crippen molar-refractivity contribution in [3.8, 4) is 0 Å². The number of hydrogen-bond donors (Lipinski definition) is 0. The summed E-state index contributed by atoms with van der Waals surface area (Å²) in [5.74, 6) is 0.00433. The molecule has 0 bridgehead atoms. The van der Waals surface area contributed by atoms with Crippen LogP contribution in [-0.2, 0) is 28.5 Å². The first-order valence-corrected chi connectivity index (χ1v) is 9.02. The van der Waals surface area contributed by atoms with Crippen molar-refractivity contribution in [3.05, 3.63) is 12.2 Å². The van der Waals surface area contributed by atoms with E-state index in [-0.39, 0.29) is 30.7 Å². The van der Waals surface area contributed by atoms with Crippen molar-refractivity contribution in [2.75, 3.05) is 19.8 Å². The second kappa shape index (κ2) is 7.98. The van der Waals surface area contributed by atoms with Gasteiger partial charge in [0.25, 0.3) is 6.47 Å². The Morgan fingerprint density at radius 2 is 2.00 bits per heavy atom. The van der Waals surface area contributed by atoms with Crippen molar-refractivity contribution in [3.63, 3.8) is 0 Å². The summed E-state index contributed by atoms with van der Waals surface area (Å²) in [5.41, 5.74) is -0.578. The molecule has 1 aliphatic carbocycles. The summed E-state index contributed by atoms with van der Waals surface area (Å²) in [6, 6.07) is 0. The third-order valence-electron chi connectivity index (χ3n) is 5.57. The lowest BCUT2D eigenvalue weighted by molar-refractivity contribution is -0.151. The van der Waals surface area contributed by atoms with Crippen LogP contribution in [0.15, 0.2) is 12.2 Å². The molecule has 6 nitrogen and oxygen atoms in total. The first-order chi connectivity index (χ1) is 11.8. The highest BCUT2D eigenvalue weighted by molar-refractivity contribution is 5.96. The molecule has 1 aliphatic heterocycles. The first-order valence-electron chi connectivity index (χ1n) is 9.02. The summed E-state index contributed by atoms with van der Waals surface area (Å²) >= 11 is 0. The van der Waals surface area contributed by atoms with Crippen LogP contribution in [0.5, 0.6) is 0 Å². The molecule has 0 spiro atoms. The first kappa shape index (κ1) is 20.1. The van der Waals surface area contributed by atoms with Gasteiger partial charge in [0.1, 0.15) is 6.61 Å². The molecular weight excluding hydrogens is 324 g/mol. The Balaban J connectivity index is 2.15. The van der Waals surface area contributed by atoms with E-state index >= 15 is 0 Å². The van der Waals surface area contributed by atoms with Crippen LogP contribution in [-0.4, -0.2) is 50.1 Å². The van der Waals surface area contributed by atoms with E-state index in [0.29, 0.717) is 38.9 Å². The average molecular weight is 354 g/mol. The molecule has 0 aromatic heterocycles. The van der Waals surface area contributed by atoms with E-state index in [4.69, 9.17) is 18.9 Å². The highest BCUT2D eigenvalue weighted by atomic mass is 16.7. The zero-order chi connectivity index (χ0) is 18.7. The zero-order valence-electron chi connectivity index (χ0n) is 15.7. The number of carbonyl (C=O) groups excluding carboxylic acids is 2. The second-order valence-corrected chi connectivity index (χ2v) is 7.19. The van der Waals surface area contributed by atoms with Gasteiger partial charge in [-0.15, -0.1) is 0 Å². The fraction of sp³-hybridized carbons (Fsp3) is 0.789. The molecule has 25 heavy (non-hydrogen) atoms. The van der Waals surface area contributed by atoms with E-state index in [1.54, 1.807) is 0 Å². The fourth-order valence-corrected chi connectivity index (χ4v) is 4.08. The summed E-state index contributed by atoms with van der Waals surface area (Å²) in [4.78, 5) is 23.7. The highest BCUT2D eigenvalue weighted by Gasteiger charge is 2.68. The molecule has 1 heterocycles. The summed E-state index contributed by atoms with van der Waals surface area (Å²) < 4.78 is 21.8. The fourth-order valence-electron chi connectivity index (χ4n) is 4.08. The lowest BCUT2D eigenvalue weighted by Gasteiger charge is -2.42. The molecule has 2 aliphatic rings. The van der Waals surface area contributed by atoms with Crippen molar-refractivity contribution in [2.24, 2.45) is 11.3 Å². The van der Waals surface area contributed by atoms with Crippen molar-refractivity contribution >= 4 is 12.3 Å². The predicted molar refractivity (Wildman–Crippen MR) is 91.9 cm³/mol. The van der Waals surface area contributed by atoms with Gasteiger partial charge in [-0.05, 0) is 51.5 Å². The van der Waals surface area contributed by atoms with Crippen LogP contribution >= 0.6 is 0 Å². The maximum Gasteiger partial charge on any atom is 0.293 e. The quantitative estimate of drug-likeness (QED) is 0.246. The number of hydrogen-bond acceptors (Lipinski definition) is 6. The highest BCUT2D eigenvalue weighted by Crippen LogP contribution is 2.57. The van der Waals surface area contributed by atoms with Gasteiger partial charge in [0.2, 0.25) is 0 Å². The topological polar surface area (TPSA) is 74.4 Å². The van der Waals surface area contributed by atoms with Gasteiger partial charge in [0.05, 0.1) is 6.10 Å². The average Bonchev–Trinajstić information content (AvgIpc) is 3.26. The summed E-state index contributed by atoms with van der Waals surface area (Å²) in [7, 11) is 0. The van der Waals surface area contributed by atoms with Crippen LogP contribution in [0.4, 0.5) is 0 Å². The van der Waals surface area contributed by atoms with Crippen LogP contribution in [0.2, 0.25) is 0 Å². The Morgan fingerprint density at radius 3 is 2.56 bits per heavy atom. The molecule has 0 N–H and O–H groups in total. The van der Waals surface area contributed by atoms with Gasteiger partial charge in [-0.1, -0.05) is 13.5 Å². The molecule has 0 aromatic carbocycles. The molecule has 4 atom stereocenters. The minimum Gasteiger partial charge on any atom is -0.463 e. The van der Waals surface area contributed by atoms with Crippen molar-refractivity contribution < 1.29 is 28.5 Å². The van der Waals surface area contributed by atoms with Gasteiger partial charge in [0, 0.05) is 18.6 Å². The SMILES string of the molecule is C=C(COC=O)[C@H]1C[C@@H]2O[C@]2(C)C(=O)[C@]1(C)CCC(OCC)OCC. The van der Waals surface area contributed by atoms with Crippen molar-refractivity contribution in [1.29, 1.82) is 0 Å². The van der Waals surface area contributed by atoms with Gasteiger partial charge >= 0.3 is 0 Å². The minimum atomic E-state index is -0.691. The summed E-state index contributed by atoms with van der Waals surface area (Å²) in [6.45, 7) is 13.4. The van der Waals surface area contributed by atoms with Crippen LogP contribution in [0, 0.1) is 11.3 Å². The number of ketones is 1. The van der Waals surface area contributed by atoms with E-state index in [0.717, 1.165) is 5.57 Å². The molecule has 1 saturated heterocycles. The maximum absolute atomic E-state index is 13.2. The number of fused-ring (bicyclic) bond motifs is 1. The molecule has 6 heteroatoms. The molecule has 142 valence electrons.